The third-order valence-corrected chi connectivity index (χ3v) is 5.31. The van der Waals surface area contributed by atoms with E-state index in [0.29, 0.717) is 18.1 Å². The van der Waals surface area contributed by atoms with Crippen LogP contribution in [0.2, 0.25) is 0 Å². The number of H-pyrrole nitrogens is 2. The molecule has 154 valence electrons. The van der Waals surface area contributed by atoms with Crippen molar-refractivity contribution in [2.45, 2.75) is 26.2 Å². The van der Waals surface area contributed by atoms with Gasteiger partial charge in [-0.3, -0.25) is 14.8 Å². The van der Waals surface area contributed by atoms with Crippen molar-refractivity contribution in [3.05, 3.63) is 64.5 Å². The summed E-state index contributed by atoms with van der Waals surface area (Å²) in [5.74, 6) is 0.561. The number of imidazole rings is 1. The van der Waals surface area contributed by atoms with E-state index in [-0.39, 0.29) is 17.4 Å². The van der Waals surface area contributed by atoms with Crippen molar-refractivity contribution >= 4 is 22.9 Å². The molecule has 0 unspecified atom stereocenters. The standard InChI is InChI=1S/C22H25N7O/c1-3-13(2)19-21(30)29-12-18(15-11-26-16-8-5-4-7-14(15)16)27-17(20(29)28-19)9-6-10-25-22(23)24/h4-9,11-13,26-27H,3,10H2,1-2H3,(H4,23,24,25)/b9-6+/t13-/m1/s1. The zero-order chi connectivity index (χ0) is 21.3. The van der Waals surface area contributed by atoms with Gasteiger partial charge in [0.15, 0.2) is 11.8 Å². The van der Waals surface area contributed by atoms with Crippen LogP contribution in [0.3, 0.4) is 0 Å². The summed E-state index contributed by atoms with van der Waals surface area (Å²) < 4.78 is 1.62. The molecular weight excluding hydrogens is 378 g/mol. The van der Waals surface area contributed by atoms with Gasteiger partial charge in [-0.15, -0.1) is 0 Å². The van der Waals surface area contributed by atoms with Crippen LogP contribution >= 0.6 is 0 Å². The number of nitrogens with zero attached hydrogens (tertiary/aromatic N) is 2. The Labute approximate surface area is 173 Å². The van der Waals surface area contributed by atoms with Gasteiger partial charge in [-0.25, -0.2) is 4.98 Å². The van der Waals surface area contributed by atoms with Crippen molar-refractivity contribution in [3.63, 3.8) is 0 Å². The molecule has 3 heterocycles. The van der Waals surface area contributed by atoms with E-state index in [4.69, 9.17) is 11.1 Å². The Kier molecular flexibility index (Phi) is 5.14. The molecular formula is C22H25N7O. The average molecular weight is 403 g/mol. The Morgan fingerprint density at radius 1 is 1.40 bits per heavy atom. The van der Waals surface area contributed by atoms with Crippen LogP contribution < -0.4 is 16.6 Å². The first-order valence-corrected chi connectivity index (χ1v) is 9.95. The fourth-order valence-corrected chi connectivity index (χ4v) is 3.51. The van der Waals surface area contributed by atoms with Crippen LogP contribution in [0.4, 0.5) is 0 Å². The van der Waals surface area contributed by atoms with Crippen molar-refractivity contribution < 1.29 is 0 Å². The maximum atomic E-state index is 13.1. The first-order chi connectivity index (χ1) is 14.5. The Morgan fingerprint density at radius 3 is 2.97 bits per heavy atom. The van der Waals surface area contributed by atoms with Gasteiger partial charge in [0, 0.05) is 41.3 Å². The number of fused-ring (bicyclic) bond motifs is 2. The van der Waals surface area contributed by atoms with Gasteiger partial charge < -0.3 is 21.0 Å². The summed E-state index contributed by atoms with van der Waals surface area (Å²) in [7, 11) is 0. The van der Waals surface area contributed by atoms with E-state index < -0.39 is 0 Å². The van der Waals surface area contributed by atoms with Crippen molar-refractivity contribution in [2.75, 3.05) is 6.54 Å². The second-order valence-electron chi connectivity index (χ2n) is 7.33. The van der Waals surface area contributed by atoms with Crippen LogP contribution in [0, 0.1) is 5.41 Å². The van der Waals surface area contributed by atoms with Crippen LogP contribution in [0.5, 0.6) is 0 Å². The van der Waals surface area contributed by atoms with Crippen molar-refractivity contribution in [3.8, 4) is 17.1 Å². The minimum absolute atomic E-state index is 0.0742. The maximum Gasteiger partial charge on any atom is 0.278 e. The molecule has 30 heavy (non-hydrogen) atoms. The lowest BCUT2D eigenvalue weighted by Gasteiger charge is -2.10. The van der Waals surface area contributed by atoms with Crippen LogP contribution in [0.25, 0.3) is 34.1 Å². The lowest BCUT2D eigenvalue weighted by atomic mass is 10.1. The molecule has 0 fully saturated rings. The number of hydrogen-bond donors (Lipinski definition) is 5. The fraction of sp³-hybridized carbons (Fsp3) is 0.227. The maximum absolute atomic E-state index is 13.1. The molecule has 0 saturated heterocycles. The quantitative estimate of drug-likeness (QED) is 0.250. The minimum atomic E-state index is -0.0944. The van der Waals surface area contributed by atoms with Gasteiger partial charge in [0.25, 0.3) is 5.56 Å². The van der Waals surface area contributed by atoms with Gasteiger partial charge >= 0.3 is 0 Å². The predicted molar refractivity (Wildman–Crippen MR) is 120 cm³/mol. The topological polar surface area (TPSA) is 128 Å². The number of para-hydroxylation sites is 1. The summed E-state index contributed by atoms with van der Waals surface area (Å²) in [5, 5.41) is 11.1. The number of benzene rings is 1. The predicted octanol–water partition coefficient (Wildman–Crippen LogP) is 3.16. The van der Waals surface area contributed by atoms with E-state index >= 15 is 0 Å². The Morgan fingerprint density at radius 2 is 2.20 bits per heavy atom. The van der Waals surface area contributed by atoms with Crippen molar-refractivity contribution in [1.82, 2.24) is 24.8 Å². The molecule has 8 heteroatoms. The SMILES string of the molecule is CC[C@@H](C)c1nc2c(/C=C/CNC(=N)N)[nH]c(-c3c[nH]c4ccccc34)cn-2c1=O. The third kappa shape index (κ3) is 3.47. The highest BCUT2D eigenvalue weighted by molar-refractivity contribution is 5.94. The zero-order valence-electron chi connectivity index (χ0n) is 17.0. The molecule has 1 atom stereocenters. The largest absolute Gasteiger partial charge is 0.370 e. The number of aromatic nitrogens is 4. The van der Waals surface area contributed by atoms with Gasteiger partial charge in [-0.2, -0.15) is 0 Å². The Bertz CT molecular complexity index is 1260. The number of nitrogens with one attached hydrogen (secondary N) is 4. The molecule has 0 aliphatic carbocycles. The van der Waals surface area contributed by atoms with E-state index in [1.807, 2.05) is 62.7 Å². The van der Waals surface area contributed by atoms with Crippen LogP contribution in [0.15, 0.2) is 47.5 Å². The molecule has 0 radical (unpaired) electrons. The zero-order valence-corrected chi connectivity index (χ0v) is 17.0. The molecule has 1 aromatic carbocycles. The highest BCUT2D eigenvalue weighted by Gasteiger charge is 2.22. The minimum Gasteiger partial charge on any atom is -0.370 e. The van der Waals surface area contributed by atoms with E-state index in [9.17, 15) is 4.79 Å². The molecule has 8 nitrogen and oxygen atoms in total. The van der Waals surface area contributed by atoms with Crippen LogP contribution in [0.1, 0.15) is 37.6 Å². The lowest BCUT2D eigenvalue weighted by molar-refractivity contribution is 0.707. The van der Waals surface area contributed by atoms with E-state index in [2.05, 4.69) is 20.3 Å². The Balaban J connectivity index is 1.89. The van der Waals surface area contributed by atoms with E-state index in [0.717, 1.165) is 34.3 Å². The molecule has 0 amide bonds. The number of nitrogens with two attached hydrogens (primary N) is 1. The van der Waals surface area contributed by atoms with Gasteiger partial charge in [0.1, 0.15) is 5.69 Å². The molecule has 2 aliphatic rings. The summed E-state index contributed by atoms with van der Waals surface area (Å²) in [6.07, 6.45) is 8.29. The summed E-state index contributed by atoms with van der Waals surface area (Å²) >= 11 is 0. The van der Waals surface area contributed by atoms with Gasteiger partial charge in [-0.1, -0.05) is 38.1 Å². The number of rotatable bonds is 6. The molecule has 1 aromatic heterocycles. The molecule has 0 bridgehead atoms. The molecule has 6 N–H and O–H groups in total. The highest BCUT2D eigenvalue weighted by atomic mass is 16.1. The molecule has 2 aliphatic heterocycles. The van der Waals surface area contributed by atoms with Crippen LogP contribution in [-0.4, -0.2) is 32.0 Å². The summed E-state index contributed by atoms with van der Waals surface area (Å²) in [5.41, 5.74) is 9.35. The lowest BCUT2D eigenvalue weighted by Crippen LogP contribution is -2.30. The van der Waals surface area contributed by atoms with Crippen LogP contribution in [-0.2, 0) is 0 Å². The molecule has 2 aromatic rings. The third-order valence-electron chi connectivity index (χ3n) is 5.31. The Hall–Kier alpha value is -3.81. The van der Waals surface area contributed by atoms with E-state index in [1.54, 1.807) is 4.57 Å². The monoisotopic (exact) mass is 403 g/mol. The van der Waals surface area contributed by atoms with Gasteiger partial charge in [0.2, 0.25) is 0 Å². The number of guanidine groups is 1. The number of hydrogen-bond acceptors (Lipinski definition) is 3. The normalized spacial score (nSPS) is 12.7. The molecule has 4 rings (SSSR count). The molecule has 0 spiro atoms. The average Bonchev–Trinajstić information content (AvgIpc) is 3.32. The van der Waals surface area contributed by atoms with Crippen molar-refractivity contribution in [1.29, 1.82) is 5.41 Å². The van der Waals surface area contributed by atoms with E-state index in [1.165, 1.54) is 0 Å². The summed E-state index contributed by atoms with van der Waals surface area (Å²) in [6, 6.07) is 8.03. The first kappa shape index (κ1) is 19.5. The summed E-state index contributed by atoms with van der Waals surface area (Å²) in [6.45, 7) is 4.46. The number of aromatic amines is 2. The second kappa shape index (κ2) is 7.90. The summed E-state index contributed by atoms with van der Waals surface area (Å²) in [4.78, 5) is 24.4. The highest BCUT2D eigenvalue weighted by Crippen LogP contribution is 2.29. The molecule has 0 saturated carbocycles. The smallest absolute Gasteiger partial charge is 0.278 e. The fourth-order valence-electron chi connectivity index (χ4n) is 3.51. The van der Waals surface area contributed by atoms with Gasteiger partial charge in [-0.05, 0) is 18.6 Å². The van der Waals surface area contributed by atoms with Crippen molar-refractivity contribution in [2.24, 2.45) is 5.73 Å². The second-order valence-corrected chi connectivity index (χ2v) is 7.33. The first-order valence-electron chi connectivity index (χ1n) is 9.95. The van der Waals surface area contributed by atoms with Gasteiger partial charge in [0.05, 0.1) is 11.4 Å².